The third-order valence-electron chi connectivity index (χ3n) is 3.90. The molecule has 0 unspecified atom stereocenters. The van der Waals surface area contributed by atoms with Crippen molar-refractivity contribution >= 4 is 17.4 Å². The highest BCUT2D eigenvalue weighted by Crippen LogP contribution is 2.20. The molecule has 0 atom stereocenters. The number of hydrogen-bond donors (Lipinski definition) is 2. The third kappa shape index (κ3) is 4.85. The van der Waals surface area contributed by atoms with Gasteiger partial charge in [0.05, 0.1) is 5.69 Å². The fourth-order valence-electron chi connectivity index (χ4n) is 2.58. The van der Waals surface area contributed by atoms with Crippen molar-refractivity contribution in [3.05, 3.63) is 83.1 Å². The lowest BCUT2D eigenvalue weighted by atomic mass is 10.1. The van der Waals surface area contributed by atoms with E-state index in [1.54, 1.807) is 25.1 Å². The normalized spacial score (nSPS) is 10.6. The summed E-state index contributed by atoms with van der Waals surface area (Å²) in [5.74, 6) is -1.79. The molecule has 2 aromatic carbocycles. The number of nitrogens with one attached hydrogen (secondary N) is 2. The molecule has 0 saturated heterocycles. The minimum absolute atomic E-state index is 0.0189. The summed E-state index contributed by atoms with van der Waals surface area (Å²) in [4.78, 5) is 20.5. The molecule has 3 aromatic rings. The van der Waals surface area contributed by atoms with Gasteiger partial charge >= 0.3 is 0 Å². The van der Waals surface area contributed by atoms with Crippen LogP contribution in [-0.4, -0.2) is 22.4 Å². The molecule has 3 rings (SSSR count). The average molecular weight is 386 g/mol. The van der Waals surface area contributed by atoms with Crippen molar-refractivity contribution < 1.29 is 18.0 Å². The van der Waals surface area contributed by atoms with Crippen LogP contribution in [0.3, 0.4) is 0 Å². The largest absolute Gasteiger partial charge is 0.350 e. The topological polar surface area (TPSA) is 66.9 Å². The molecule has 0 fully saturated rings. The van der Waals surface area contributed by atoms with E-state index in [4.69, 9.17) is 0 Å². The fraction of sp³-hybridized carbons (Fsp3) is 0.150. The second-order valence-corrected chi connectivity index (χ2v) is 6.03. The first-order chi connectivity index (χ1) is 13.4. The predicted molar refractivity (Wildman–Crippen MR) is 98.8 cm³/mol. The summed E-state index contributed by atoms with van der Waals surface area (Å²) >= 11 is 0. The maximum Gasteiger partial charge on any atom is 0.270 e. The van der Waals surface area contributed by atoms with Gasteiger partial charge in [0.1, 0.15) is 34.8 Å². The predicted octanol–water partition coefficient (Wildman–Crippen LogP) is 3.92. The molecule has 28 heavy (non-hydrogen) atoms. The van der Waals surface area contributed by atoms with Crippen molar-refractivity contribution in [2.45, 2.75) is 13.3 Å². The Bertz CT molecular complexity index is 1010. The SMILES string of the molecule is Cc1nc(Nc2ccc(F)cc2F)cc(C(=O)NCCc2ccccc2F)n1. The number of carbonyl (C=O) groups is 1. The number of anilines is 2. The number of rotatable bonds is 6. The Morgan fingerprint density at radius 2 is 1.79 bits per heavy atom. The molecular formula is C20H17F3N4O. The number of aryl methyl sites for hydroxylation is 1. The Balaban J connectivity index is 1.68. The molecule has 1 amide bonds. The fourth-order valence-corrected chi connectivity index (χ4v) is 2.58. The van der Waals surface area contributed by atoms with Gasteiger partial charge in [0.2, 0.25) is 0 Å². The zero-order valence-corrected chi connectivity index (χ0v) is 15.0. The molecule has 0 radical (unpaired) electrons. The highest BCUT2D eigenvalue weighted by atomic mass is 19.1. The summed E-state index contributed by atoms with van der Waals surface area (Å²) < 4.78 is 40.4. The number of halogens is 3. The minimum Gasteiger partial charge on any atom is -0.350 e. The Labute approximate surface area is 159 Å². The van der Waals surface area contributed by atoms with Crippen LogP contribution in [0.25, 0.3) is 0 Å². The summed E-state index contributed by atoms with van der Waals surface area (Å²) in [6.45, 7) is 1.81. The van der Waals surface area contributed by atoms with E-state index in [9.17, 15) is 18.0 Å². The van der Waals surface area contributed by atoms with E-state index in [0.717, 1.165) is 12.1 Å². The van der Waals surface area contributed by atoms with Gasteiger partial charge in [0.25, 0.3) is 5.91 Å². The van der Waals surface area contributed by atoms with Gasteiger partial charge in [-0.25, -0.2) is 23.1 Å². The highest BCUT2D eigenvalue weighted by molar-refractivity contribution is 5.93. The smallest absolute Gasteiger partial charge is 0.270 e. The van der Waals surface area contributed by atoms with Crippen LogP contribution >= 0.6 is 0 Å². The van der Waals surface area contributed by atoms with Crippen LogP contribution in [0.2, 0.25) is 0 Å². The van der Waals surface area contributed by atoms with Crippen molar-refractivity contribution in [2.24, 2.45) is 0 Å². The van der Waals surface area contributed by atoms with Crippen LogP contribution in [0, 0.1) is 24.4 Å². The van der Waals surface area contributed by atoms with Gasteiger partial charge in [0.15, 0.2) is 0 Å². The lowest BCUT2D eigenvalue weighted by Gasteiger charge is -2.10. The Morgan fingerprint density at radius 3 is 2.54 bits per heavy atom. The molecule has 1 heterocycles. The Morgan fingerprint density at radius 1 is 1.00 bits per heavy atom. The van der Waals surface area contributed by atoms with Crippen LogP contribution < -0.4 is 10.6 Å². The van der Waals surface area contributed by atoms with Gasteiger partial charge in [-0.3, -0.25) is 4.79 Å². The number of carbonyl (C=O) groups excluding carboxylic acids is 1. The van der Waals surface area contributed by atoms with Crippen molar-refractivity contribution in [1.29, 1.82) is 0 Å². The molecule has 0 spiro atoms. The Kier molecular flexibility index (Phi) is 5.88. The second kappa shape index (κ2) is 8.51. The summed E-state index contributed by atoms with van der Waals surface area (Å²) in [6, 6.07) is 10.8. The molecule has 0 aliphatic rings. The summed E-state index contributed by atoms with van der Waals surface area (Å²) in [7, 11) is 0. The first kappa shape index (κ1) is 19.3. The van der Waals surface area contributed by atoms with Crippen LogP contribution in [0.5, 0.6) is 0 Å². The van der Waals surface area contributed by atoms with E-state index in [2.05, 4.69) is 20.6 Å². The van der Waals surface area contributed by atoms with Crippen LogP contribution in [0.15, 0.2) is 48.5 Å². The molecule has 8 heteroatoms. The number of hydrogen-bond acceptors (Lipinski definition) is 4. The second-order valence-electron chi connectivity index (χ2n) is 6.03. The number of nitrogens with zero attached hydrogens (tertiary/aromatic N) is 2. The monoisotopic (exact) mass is 386 g/mol. The van der Waals surface area contributed by atoms with E-state index in [1.165, 1.54) is 18.2 Å². The van der Waals surface area contributed by atoms with Gasteiger partial charge in [-0.2, -0.15) is 0 Å². The molecular weight excluding hydrogens is 369 g/mol. The van der Waals surface area contributed by atoms with E-state index < -0.39 is 17.5 Å². The summed E-state index contributed by atoms with van der Waals surface area (Å²) in [5.41, 5.74) is 0.590. The lowest BCUT2D eigenvalue weighted by Crippen LogP contribution is -2.27. The molecule has 0 saturated carbocycles. The van der Waals surface area contributed by atoms with Gasteiger partial charge in [-0.05, 0) is 37.1 Å². The van der Waals surface area contributed by atoms with Gasteiger partial charge < -0.3 is 10.6 Å². The standard InChI is InChI=1S/C20H17F3N4O/c1-12-25-18(20(28)24-9-8-13-4-2-3-5-15(13)22)11-19(26-12)27-17-7-6-14(21)10-16(17)23/h2-7,10-11H,8-9H2,1H3,(H,24,28)(H,25,26,27). The molecule has 5 nitrogen and oxygen atoms in total. The van der Waals surface area contributed by atoms with E-state index >= 15 is 0 Å². The zero-order chi connectivity index (χ0) is 20.1. The number of amides is 1. The van der Waals surface area contributed by atoms with Crippen molar-refractivity contribution in [3.63, 3.8) is 0 Å². The molecule has 0 aliphatic carbocycles. The van der Waals surface area contributed by atoms with Gasteiger partial charge in [0, 0.05) is 18.7 Å². The quantitative estimate of drug-likeness (QED) is 0.674. The maximum absolute atomic E-state index is 13.8. The third-order valence-corrected chi connectivity index (χ3v) is 3.90. The number of aromatic nitrogens is 2. The number of benzene rings is 2. The Hall–Kier alpha value is -3.42. The van der Waals surface area contributed by atoms with Crippen LogP contribution in [0.1, 0.15) is 21.9 Å². The zero-order valence-electron chi connectivity index (χ0n) is 15.0. The maximum atomic E-state index is 13.8. The van der Waals surface area contributed by atoms with Gasteiger partial charge in [-0.1, -0.05) is 18.2 Å². The van der Waals surface area contributed by atoms with Crippen molar-refractivity contribution in [2.75, 3.05) is 11.9 Å². The van der Waals surface area contributed by atoms with E-state index in [1.807, 2.05) is 0 Å². The van der Waals surface area contributed by atoms with E-state index in [0.29, 0.717) is 17.8 Å². The van der Waals surface area contributed by atoms with Crippen molar-refractivity contribution in [1.82, 2.24) is 15.3 Å². The van der Waals surface area contributed by atoms with Crippen LogP contribution in [-0.2, 0) is 6.42 Å². The highest BCUT2D eigenvalue weighted by Gasteiger charge is 2.12. The lowest BCUT2D eigenvalue weighted by molar-refractivity contribution is 0.0948. The van der Waals surface area contributed by atoms with E-state index in [-0.39, 0.29) is 29.6 Å². The van der Waals surface area contributed by atoms with Crippen molar-refractivity contribution in [3.8, 4) is 0 Å². The molecule has 0 aliphatic heterocycles. The molecule has 2 N–H and O–H groups in total. The molecule has 1 aromatic heterocycles. The summed E-state index contributed by atoms with van der Waals surface area (Å²) in [5, 5.41) is 5.37. The van der Waals surface area contributed by atoms with Gasteiger partial charge in [-0.15, -0.1) is 0 Å². The van der Waals surface area contributed by atoms with Crippen LogP contribution in [0.4, 0.5) is 24.7 Å². The summed E-state index contributed by atoms with van der Waals surface area (Å²) in [6.07, 6.45) is 0.328. The average Bonchev–Trinajstić information content (AvgIpc) is 2.65. The minimum atomic E-state index is -0.785. The first-order valence-corrected chi connectivity index (χ1v) is 8.52. The molecule has 0 bridgehead atoms. The first-order valence-electron chi connectivity index (χ1n) is 8.52. The molecule has 144 valence electrons.